The molecule has 198 valence electrons. The predicted octanol–water partition coefficient (Wildman–Crippen LogP) is 4.55. The zero-order valence-electron chi connectivity index (χ0n) is 21.8. The third-order valence-electron chi connectivity index (χ3n) is 7.64. The summed E-state index contributed by atoms with van der Waals surface area (Å²) in [5.41, 5.74) is 0.672. The number of unbranched alkanes of at least 4 members (excludes halogenated alkanes) is 2. The minimum Gasteiger partial charge on any atom is -0.466 e. The monoisotopic (exact) mass is 506 g/mol. The Hall–Kier alpha value is -3.19. The van der Waals surface area contributed by atoms with Gasteiger partial charge in [-0.15, -0.1) is 0 Å². The first-order valence-electron chi connectivity index (χ1n) is 13.6. The van der Waals surface area contributed by atoms with Crippen LogP contribution in [0.25, 0.3) is 10.8 Å². The molecule has 2 amide bonds. The van der Waals surface area contributed by atoms with Crippen LogP contribution in [0.3, 0.4) is 0 Å². The van der Waals surface area contributed by atoms with Crippen molar-refractivity contribution in [3.05, 3.63) is 54.6 Å². The van der Waals surface area contributed by atoms with Gasteiger partial charge in [-0.2, -0.15) is 0 Å². The van der Waals surface area contributed by atoms with E-state index in [2.05, 4.69) is 12.2 Å². The fraction of sp³-hybridized carbons (Fsp3) is 0.500. The number of aliphatic hydroxyl groups is 1. The molecule has 37 heavy (non-hydrogen) atoms. The number of aliphatic hydroxyl groups excluding tert-OH is 1. The standard InChI is InChI=1S/C30H38N2O5/c1-3-10-21-14-16-24-26(25(21)30(36)37-4-2)29(35)32(17-8-5-9-18-33)27(24)28(34)31-23-15-13-20-11-6-7-12-22(20)19-23/h6-7,11-16,19,21,24-27,33H,3-5,8-10,17-18H2,1-2H3,(H,31,34)/t21-,24+,25-,26-,27+/m1/s1. The highest BCUT2D eigenvalue weighted by molar-refractivity contribution is 6.02. The molecule has 0 bridgehead atoms. The molecule has 4 rings (SSSR count). The van der Waals surface area contributed by atoms with Crippen LogP contribution in [-0.4, -0.2) is 53.6 Å². The fourth-order valence-corrected chi connectivity index (χ4v) is 5.96. The lowest BCUT2D eigenvalue weighted by Crippen LogP contribution is -2.44. The number of rotatable bonds is 11. The molecule has 7 heteroatoms. The summed E-state index contributed by atoms with van der Waals surface area (Å²) in [5.74, 6) is -2.48. The zero-order valence-corrected chi connectivity index (χ0v) is 21.8. The number of carbonyl (C=O) groups excluding carboxylic acids is 3. The van der Waals surface area contributed by atoms with Crippen molar-refractivity contribution in [3.63, 3.8) is 0 Å². The fourth-order valence-electron chi connectivity index (χ4n) is 5.96. The van der Waals surface area contributed by atoms with E-state index in [1.807, 2.05) is 54.6 Å². The van der Waals surface area contributed by atoms with Crippen LogP contribution in [0, 0.1) is 23.7 Å². The van der Waals surface area contributed by atoms with Crippen LogP contribution in [-0.2, 0) is 19.1 Å². The molecule has 0 unspecified atom stereocenters. The molecule has 1 saturated heterocycles. The Balaban J connectivity index is 1.65. The summed E-state index contributed by atoms with van der Waals surface area (Å²) in [6.07, 6.45) is 7.74. The van der Waals surface area contributed by atoms with Crippen LogP contribution in [0.2, 0.25) is 0 Å². The molecular formula is C30H38N2O5. The Bertz CT molecular complexity index is 1150. The first-order valence-corrected chi connectivity index (χ1v) is 13.6. The van der Waals surface area contributed by atoms with Crippen molar-refractivity contribution in [1.82, 2.24) is 4.90 Å². The number of nitrogens with one attached hydrogen (secondary N) is 1. The third-order valence-corrected chi connectivity index (χ3v) is 7.64. The molecule has 0 aromatic heterocycles. The van der Waals surface area contributed by atoms with Gasteiger partial charge in [0, 0.05) is 24.8 Å². The van der Waals surface area contributed by atoms with Crippen LogP contribution in [0.4, 0.5) is 5.69 Å². The third kappa shape index (κ3) is 5.72. The molecule has 0 radical (unpaired) electrons. The topological polar surface area (TPSA) is 95.9 Å². The molecular weight excluding hydrogens is 468 g/mol. The number of anilines is 1. The van der Waals surface area contributed by atoms with Crippen molar-refractivity contribution < 1.29 is 24.2 Å². The van der Waals surface area contributed by atoms with E-state index in [4.69, 9.17) is 4.74 Å². The van der Waals surface area contributed by atoms with E-state index in [9.17, 15) is 19.5 Å². The Morgan fingerprint density at radius 2 is 1.81 bits per heavy atom. The summed E-state index contributed by atoms with van der Waals surface area (Å²) in [4.78, 5) is 42.4. The summed E-state index contributed by atoms with van der Waals surface area (Å²) in [6.45, 7) is 4.58. The Labute approximate surface area is 218 Å². The van der Waals surface area contributed by atoms with Gasteiger partial charge in [0.15, 0.2) is 0 Å². The number of amides is 2. The minimum atomic E-state index is -0.714. The van der Waals surface area contributed by atoms with E-state index < -0.39 is 23.8 Å². The normalized spacial score (nSPS) is 24.8. The van der Waals surface area contributed by atoms with Gasteiger partial charge < -0.3 is 20.1 Å². The zero-order chi connectivity index (χ0) is 26.4. The molecule has 1 aliphatic carbocycles. The molecule has 7 nitrogen and oxygen atoms in total. The predicted molar refractivity (Wildman–Crippen MR) is 144 cm³/mol. The smallest absolute Gasteiger partial charge is 0.310 e. The van der Waals surface area contributed by atoms with E-state index in [1.165, 1.54) is 0 Å². The number of likely N-dealkylation sites (tertiary alicyclic amines) is 1. The van der Waals surface area contributed by atoms with Gasteiger partial charge in [-0.1, -0.05) is 55.8 Å². The molecule has 1 aliphatic heterocycles. The lowest BCUT2D eigenvalue weighted by Gasteiger charge is -2.33. The Morgan fingerprint density at radius 3 is 2.54 bits per heavy atom. The van der Waals surface area contributed by atoms with E-state index in [0.717, 1.165) is 30.0 Å². The van der Waals surface area contributed by atoms with Gasteiger partial charge in [0.05, 0.1) is 18.4 Å². The lowest BCUT2D eigenvalue weighted by molar-refractivity contribution is -0.155. The number of allylic oxidation sites excluding steroid dienone is 1. The number of esters is 1. The van der Waals surface area contributed by atoms with Crippen LogP contribution < -0.4 is 5.32 Å². The largest absolute Gasteiger partial charge is 0.466 e. The van der Waals surface area contributed by atoms with Crippen LogP contribution in [0.1, 0.15) is 46.0 Å². The molecule has 2 aromatic rings. The number of ether oxygens (including phenoxy) is 1. The summed E-state index contributed by atoms with van der Waals surface area (Å²) in [6, 6.07) is 13.0. The van der Waals surface area contributed by atoms with Crippen molar-refractivity contribution in [2.24, 2.45) is 23.7 Å². The van der Waals surface area contributed by atoms with E-state index in [-0.39, 0.29) is 36.9 Å². The maximum atomic E-state index is 13.9. The molecule has 2 aliphatic rings. The number of nitrogens with zero attached hydrogens (tertiary/aromatic N) is 1. The average Bonchev–Trinajstić information content (AvgIpc) is 3.18. The van der Waals surface area contributed by atoms with Crippen LogP contribution >= 0.6 is 0 Å². The first-order chi connectivity index (χ1) is 18.0. The Morgan fingerprint density at radius 1 is 1.03 bits per heavy atom. The molecule has 2 N–H and O–H groups in total. The molecule has 2 aromatic carbocycles. The number of benzene rings is 2. The SMILES string of the molecule is CCC[C@@H]1C=C[C@H]2[C@@H](C(=O)N(CCCCCO)[C@@H]2C(=O)Nc2ccc3ccccc3c2)[C@@H]1C(=O)OCC. The summed E-state index contributed by atoms with van der Waals surface area (Å²) in [5, 5.41) is 14.3. The first kappa shape index (κ1) is 26.9. The summed E-state index contributed by atoms with van der Waals surface area (Å²) in [7, 11) is 0. The molecule has 5 atom stereocenters. The molecule has 0 saturated carbocycles. The van der Waals surface area contributed by atoms with Crippen molar-refractivity contribution >= 4 is 34.2 Å². The van der Waals surface area contributed by atoms with Crippen LogP contribution in [0.15, 0.2) is 54.6 Å². The highest BCUT2D eigenvalue weighted by Crippen LogP contribution is 2.46. The van der Waals surface area contributed by atoms with Crippen molar-refractivity contribution in [3.8, 4) is 0 Å². The second kappa shape index (κ2) is 12.4. The number of hydrogen-bond acceptors (Lipinski definition) is 5. The Kier molecular flexibility index (Phi) is 8.98. The van der Waals surface area contributed by atoms with E-state index in [1.54, 1.807) is 11.8 Å². The van der Waals surface area contributed by atoms with Gasteiger partial charge >= 0.3 is 5.97 Å². The highest BCUT2D eigenvalue weighted by atomic mass is 16.5. The number of hydrogen-bond donors (Lipinski definition) is 2. The molecule has 0 spiro atoms. The van der Waals surface area contributed by atoms with Gasteiger partial charge in [0.25, 0.3) is 0 Å². The van der Waals surface area contributed by atoms with Crippen molar-refractivity contribution in [1.29, 1.82) is 0 Å². The van der Waals surface area contributed by atoms with Gasteiger partial charge in [-0.25, -0.2) is 0 Å². The molecule has 1 fully saturated rings. The summed E-state index contributed by atoms with van der Waals surface area (Å²) < 4.78 is 5.42. The van der Waals surface area contributed by atoms with Gasteiger partial charge in [0.2, 0.25) is 11.8 Å². The highest BCUT2D eigenvalue weighted by Gasteiger charge is 2.57. The molecule has 1 heterocycles. The maximum absolute atomic E-state index is 13.9. The van der Waals surface area contributed by atoms with Gasteiger partial charge in [-0.3, -0.25) is 14.4 Å². The second-order valence-corrected chi connectivity index (χ2v) is 10.0. The van der Waals surface area contributed by atoms with Gasteiger partial charge in [-0.05, 0) is 61.4 Å². The van der Waals surface area contributed by atoms with Crippen LogP contribution in [0.5, 0.6) is 0 Å². The maximum Gasteiger partial charge on any atom is 0.310 e. The number of fused-ring (bicyclic) bond motifs is 2. The van der Waals surface area contributed by atoms with Crippen molar-refractivity contribution in [2.45, 2.75) is 52.0 Å². The summed E-state index contributed by atoms with van der Waals surface area (Å²) >= 11 is 0. The number of carbonyl (C=O) groups is 3. The van der Waals surface area contributed by atoms with Crippen molar-refractivity contribution in [2.75, 3.05) is 25.1 Å². The minimum absolute atomic E-state index is 0.0900. The lowest BCUT2D eigenvalue weighted by atomic mass is 9.69. The quantitative estimate of drug-likeness (QED) is 0.265. The van der Waals surface area contributed by atoms with E-state index in [0.29, 0.717) is 25.1 Å². The second-order valence-electron chi connectivity index (χ2n) is 10.0. The average molecular weight is 507 g/mol. The van der Waals surface area contributed by atoms with Gasteiger partial charge in [0.1, 0.15) is 6.04 Å². The van der Waals surface area contributed by atoms with E-state index >= 15 is 0 Å².